The van der Waals surface area contributed by atoms with Crippen LogP contribution in [0, 0.1) is 5.95 Å². The summed E-state index contributed by atoms with van der Waals surface area (Å²) in [6.07, 6.45) is 5.35. The van der Waals surface area contributed by atoms with Crippen LogP contribution in [0.2, 0.25) is 5.02 Å². The highest BCUT2D eigenvalue weighted by Crippen LogP contribution is 2.36. The molecule has 140 valence electrons. The highest BCUT2D eigenvalue weighted by molar-refractivity contribution is 6.30. The van der Waals surface area contributed by atoms with Gasteiger partial charge in [0.2, 0.25) is 5.95 Å². The molecule has 4 aromatic rings. The maximum atomic E-state index is 14.1. The van der Waals surface area contributed by atoms with Gasteiger partial charge in [-0.2, -0.15) is 9.49 Å². The molecule has 0 spiro atoms. The van der Waals surface area contributed by atoms with Crippen molar-refractivity contribution in [1.29, 1.82) is 0 Å². The molecule has 1 aliphatic heterocycles. The summed E-state index contributed by atoms with van der Waals surface area (Å²) in [6.45, 7) is 0.540. The first-order valence-electron chi connectivity index (χ1n) is 8.71. The standard InChI is InChI=1S/C19H14ClFN6O/c20-12-6-13(17(21)22-9-12)16-3-4-27(16)19(28)15-5-10-1-2-14(25-18(10)26-15)11-7-23-24-8-11/h1-2,5-9,16H,3-4H2,(H,23,24)(H,25,26)/t16-/m1/s1. The monoisotopic (exact) mass is 396 g/mol. The second kappa shape index (κ2) is 6.42. The number of halogens is 2. The molecule has 9 heteroatoms. The molecule has 28 heavy (non-hydrogen) atoms. The zero-order valence-electron chi connectivity index (χ0n) is 14.5. The van der Waals surface area contributed by atoms with Gasteiger partial charge in [-0.05, 0) is 30.7 Å². The Hall–Kier alpha value is -3.26. The number of nitrogens with one attached hydrogen (secondary N) is 2. The van der Waals surface area contributed by atoms with Gasteiger partial charge in [-0.3, -0.25) is 9.89 Å². The maximum absolute atomic E-state index is 14.1. The average molecular weight is 397 g/mol. The van der Waals surface area contributed by atoms with Crippen molar-refractivity contribution in [3.05, 3.63) is 65.1 Å². The van der Waals surface area contributed by atoms with Crippen molar-refractivity contribution in [3.8, 4) is 11.3 Å². The second-order valence-corrected chi connectivity index (χ2v) is 7.08. The molecule has 0 unspecified atom stereocenters. The molecule has 1 amide bonds. The molecular weight excluding hydrogens is 383 g/mol. The summed E-state index contributed by atoms with van der Waals surface area (Å²) in [5, 5.41) is 7.84. The van der Waals surface area contributed by atoms with E-state index in [1.54, 1.807) is 23.4 Å². The molecule has 7 nitrogen and oxygen atoms in total. The number of likely N-dealkylation sites (tertiary alicyclic amines) is 1. The van der Waals surface area contributed by atoms with Crippen molar-refractivity contribution in [3.63, 3.8) is 0 Å². The minimum atomic E-state index is -0.602. The fraction of sp³-hybridized carbons (Fsp3) is 0.158. The Morgan fingerprint density at radius 3 is 2.93 bits per heavy atom. The lowest BCUT2D eigenvalue weighted by Crippen LogP contribution is -2.45. The summed E-state index contributed by atoms with van der Waals surface area (Å²) >= 11 is 5.94. The Balaban J connectivity index is 1.45. The van der Waals surface area contributed by atoms with Gasteiger partial charge in [0.05, 0.1) is 23.0 Å². The molecule has 1 atom stereocenters. The van der Waals surface area contributed by atoms with E-state index in [0.29, 0.717) is 34.9 Å². The first-order valence-corrected chi connectivity index (χ1v) is 9.09. The number of carbonyl (C=O) groups is 1. The summed E-state index contributed by atoms with van der Waals surface area (Å²) in [5.41, 5.74) is 2.96. The lowest BCUT2D eigenvalue weighted by molar-refractivity contribution is 0.0446. The number of amides is 1. The lowest BCUT2D eigenvalue weighted by Gasteiger charge is -2.41. The number of carbonyl (C=O) groups excluding carboxylic acids is 1. The molecule has 1 saturated heterocycles. The van der Waals surface area contributed by atoms with Gasteiger partial charge in [-0.1, -0.05) is 11.6 Å². The fourth-order valence-corrected chi connectivity index (χ4v) is 3.62. The van der Waals surface area contributed by atoms with Gasteiger partial charge in [0.1, 0.15) is 11.3 Å². The summed E-state index contributed by atoms with van der Waals surface area (Å²) in [5.74, 6) is -0.812. The number of hydrogen-bond donors (Lipinski definition) is 2. The Labute approximate surface area is 163 Å². The van der Waals surface area contributed by atoms with Crippen LogP contribution in [0.25, 0.3) is 22.3 Å². The van der Waals surface area contributed by atoms with Crippen LogP contribution in [0.4, 0.5) is 4.39 Å². The second-order valence-electron chi connectivity index (χ2n) is 6.64. The van der Waals surface area contributed by atoms with Crippen LogP contribution in [-0.2, 0) is 0 Å². The third-order valence-electron chi connectivity index (χ3n) is 4.98. The van der Waals surface area contributed by atoms with E-state index in [1.165, 1.54) is 12.3 Å². The highest BCUT2D eigenvalue weighted by Gasteiger charge is 2.36. The molecule has 4 aromatic heterocycles. The van der Waals surface area contributed by atoms with Gasteiger partial charge in [-0.15, -0.1) is 0 Å². The maximum Gasteiger partial charge on any atom is 0.270 e. The van der Waals surface area contributed by atoms with E-state index in [9.17, 15) is 9.18 Å². The molecule has 2 N–H and O–H groups in total. The van der Waals surface area contributed by atoms with Crippen molar-refractivity contribution in [2.24, 2.45) is 0 Å². The highest BCUT2D eigenvalue weighted by atomic mass is 35.5. The normalized spacial score (nSPS) is 16.4. The topological polar surface area (TPSA) is 90.6 Å². The van der Waals surface area contributed by atoms with Crippen LogP contribution in [0.5, 0.6) is 0 Å². The predicted octanol–water partition coefficient (Wildman–Crippen LogP) is 3.73. The van der Waals surface area contributed by atoms with Gasteiger partial charge < -0.3 is 9.88 Å². The quantitative estimate of drug-likeness (QED) is 0.516. The Morgan fingerprint density at radius 2 is 2.18 bits per heavy atom. The van der Waals surface area contributed by atoms with E-state index in [2.05, 4.69) is 25.1 Å². The average Bonchev–Trinajstić information content (AvgIpc) is 3.32. The van der Waals surface area contributed by atoms with E-state index in [-0.39, 0.29) is 11.9 Å². The van der Waals surface area contributed by atoms with Gasteiger partial charge >= 0.3 is 0 Å². The molecule has 0 saturated carbocycles. The summed E-state index contributed by atoms with van der Waals surface area (Å²) in [6, 6.07) is 6.67. The van der Waals surface area contributed by atoms with E-state index < -0.39 is 5.95 Å². The van der Waals surface area contributed by atoms with Crippen LogP contribution < -0.4 is 0 Å². The number of fused-ring (bicyclic) bond motifs is 1. The minimum Gasteiger partial charge on any atom is -0.335 e. The minimum absolute atomic E-state index is 0.210. The SMILES string of the molecule is O=C(c1cc2ccc(-c3cn[nH]c3)nc2[nH]1)N1CC[C@@H]1c1cc(Cl)cnc1F. The number of aromatic amines is 2. The number of pyridine rings is 2. The van der Waals surface area contributed by atoms with Gasteiger partial charge in [0, 0.05) is 35.5 Å². The number of H-pyrrole nitrogens is 2. The smallest absolute Gasteiger partial charge is 0.270 e. The molecular formula is C19H14ClFN6O. The van der Waals surface area contributed by atoms with Crippen molar-refractivity contribution < 1.29 is 9.18 Å². The van der Waals surface area contributed by atoms with Gasteiger partial charge in [-0.25, -0.2) is 9.97 Å². The Kier molecular flexibility index (Phi) is 3.87. The van der Waals surface area contributed by atoms with Crippen molar-refractivity contribution in [2.75, 3.05) is 6.54 Å². The van der Waals surface area contributed by atoms with E-state index >= 15 is 0 Å². The summed E-state index contributed by atoms with van der Waals surface area (Å²) in [7, 11) is 0. The van der Waals surface area contributed by atoms with Crippen molar-refractivity contribution in [1.82, 2.24) is 30.0 Å². The summed E-state index contributed by atoms with van der Waals surface area (Å²) < 4.78 is 14.1. The third kappa shape index (κ3) is 2.73. The fourth-order valence-electron chi connectivity index (χ4n) is 3.45. The van der Waals surface area contributed by atoms with Gasteiger partial charge in [0.15, 0.2) is 0 Å². The first-order chi connectivity index (χ1) is 13.6. The Morgan fingerprint density at radius 1 is 1.29 bits per heavy atom. The van der Waals surface area contributed by atoms with Crippen LogP contribution in [-0.4, -0.2) is 42.5 Å². The van der Waals surface area contributed by atoms with Crippen LogP contribution in [0.3, 0.4) is 0 Å². The van der Waals surface area contributed by atoms with Gasteiger partial charge in [0.25, 0.3) is 5.91 Å². The first kappa shape index (κ1) is 16.9. The van der Waals surface area contributed by atoms with Crippen LogP contribution in [0.15, 0.2) is 42.9 Å². The molecule has 0 aliphatic carbocycles. The molecule has 0 aromatic carbocycles. The Bertz CT molecular complexity index is 1190. The number of rotatable bonds is 3. The van der Waals surface area contributed by atoms with Crippen LogP contribution in [0.1, 0.15) is 28.5 Å². The molecule has 1 fully saturated rings. The zero-order valence-corrected chi connectivity index (χ0v) is 15.2. The summed E-state index contributed by atoms with van der Waals surface area (Å²) in [4.78, 5) is 25.9. The third-order valence-corrected chi connectivity index (χ3v) is 5.18. The lowest BCUT2D eigenvalue weighted by atomic mass is 9.95. The van der Waals surface area contributed by atoms with Crippen molar-refractivity contribution >= 4 is 28.5 Å². The molecule has 5 heterocycles. The van der Waals surface area contributed by atoms with E-state index in [4.69, 9.17) is 11.6 Å². The van der Waals surface area contributed by atoms with E-state index in [0.717, 1.165) is 16.6 Å². The molecule has 1 aliphatic rings. The molecule has 0 radical (unpaired) electrons. The number of aromatic nitrogens is 5. The zero-order chi connectivity index (χ0) is 19.3. The molecule has 5 rings (SSSR count). The number of hydrogen-bond acceptors (Lipinski definition) is 4. The van der Waals surface area contributed by atoms with Crippen molar-refractivity contribution in [2.45, 2.75) is 12.5 Å². The van der Waals surface area contributed by atoms with E-state index in [1.807, 2.05) is 12.1 Å². The van der Waals surface area contributed by atoms with Crippen LogP contribution >= 0.6 is 11.6 Å². The largest absolute Gasteiger partial charge is 0.335 e. The number of nitrogens with zero attached hydrogens (tertiary/aromatic N) is 4. The predicted molar refractivity (Wildman–Crippen MR) is 101 cm³/mol. The molecule has 0 bridgehead atoms.